The predicted molar refractivity (Wildman–Crippen MR) is 87.1 cm³/mol. The molecule has 3 nitrogen and oxygen atoms in total. The molecule has 0 radical (unpaired) electrons. The summed E-state index contributed by atoms with van der Waals surface area (Å²) in [6, 6.07) is 5.05. The fourth-order valence-electron chi connectivity index (χ4n) is 4.20. The minimum Gasteiger partial charge on any atom is -0.300 e. The fraction of sp³-hybridized carbons (Fsp3) is 0.722. The summed E-state index contributed by atoms with van der Waals surface area (Å²) in [4.78, 5) is 9.59. The molecular weight excluding hydrogens is 258 g/mol. The normalized spacial score (nSPS) is 29.6. The van der Waals surface area contributed by atoms with E-state index in [9.17, 15) is 0 Å². The van der Waals surface area contributed by atoms with Gasteiger partial charge in [0.1, 0.15) is 0 Å². The minimum atomic E-state index is 0.820. The molecule has 0 N–H and O–H groups in total. The molecule has 116 valence electrons. The van der Waals surface area contributed by atoms with Gasteiger partial charge in [0.15, 0.2) is 0 Å². The number of hydrogen-bond acceptors (Lipinski definition) is 3. The number of rotatable bonds is 3. The Labute approximate surface area is 129 Å². The van der Waals surface area contributed by atoms with Crippen molar-refractivity contribution in [3.05, 3.63) is 30.1 Å². The Morgan fingerprint density at radius 3 is 2.48 bits per heavy atom. The Morgan fingerprint density at radius 2 is 1.86 bits per heavy atom. The van der Waals surface area contributed by atoms with E-state index >= 15 is 0 Å². The molecule has 0 aromatic carbocycles. The van der Waals surface area contributed by atoms with Gasteiger partial charge in [0.25, 0.3) is 0 Å². The highest BCUT2D eigenvalue weighted by molar-refractivity contribution is 5.08. The smallest absolute Gasteiger partial charge is 0.0312 e. The average molecular weight is 287 g/mol. The number of aromatic nitrogens is 1. The highest BCUT2D eigenvalue weighted by Gasteiger charge is 2.29. The van der Waals surface area contributed by atoms with Gasteiger partial charge in [-0.05, 0) is 55.8 Å². The van der Waals surface area contributed by atoms with Gasteiger partial charge in [0.05, 0.1) is 0 Å². The first-order chi connectivity index (χ1) is 10.2. The topological polar surface area (TPSA) is 19.4 Å². The standard InChI is InChI=1S/C18H29N3/c1-15-10-16(2)13-21(12-15)18-5-8-20(9-6-18)14-17-4-3-7-19-11-17/h3-4,7,11,15-16,18H,5-6,8-10,12-14H2,1-2H3/t15-,16-/m1/s1. The zero-order chi connectivity index (χ0) is 14.7. The lowest BCUT2D eigenvalue weighted by molar-refractivity contribution is 0.0529. The summed E-state index contributed by atoms with van der Waals surface area (Å²) in [6.45, 7) is 11.0. The molecular formula is C18H29N3. The highest BCUT2D eigenvalue weighted by atomic mass is 15.2. The van der Waals surface area contributed by atoms with Gasteiger partial charge in [0.2, 0.25) is 0 Å². The highest BCUT2D eigenvalue weighted by Crippen LogP contribution is 2.26. The molecule has 2 aliphatic rings. The van der Waals surface area contributed by atoms with Gasteiger partial charge in [-0.2, -0.15) is 0 Å². The van der Waals surface area contributed by atoms with Crippen molar-refractivity contribution < 1.29 is 0 Å². The third-order valence-corrected chi connectivity index (χ3v) is 5.10. The van der Waals surface area contributed by atoms with Gasteiger partial charge in [0, 0.05) is 38.1 Å². The molecule has 1 aromatic rings. The second kappa shape index (κ2) is 6.89. The zero-order valence-corrected chi connectivity index (χ0v) is 13.5. The van der Waals surface area contributed by atoms with E-state index in [0.717, 1.165) is 24.4 Å². The largest absolute Gasteiger partial charge is 0.300 e. The van der Waals surface area contributed by atoms with Crippen LogP contribution in [-0.4, -0.2) is 47.0 Å². The van der Waals surface area contributed by atoms with Crippen LogP contribution < -0.4 is 0 Å². The minimum absolute atomic E-state index is 0.820. The lowest BCUT2D eigenvalue weighted by atomic mass is 9.89. The summed E-state index contributed by atoms with van der Waals surface area (Å²) in [6.07, 6.45) is 7.93. The molecule has 21 heavy (non-hydrogen) atoms. The van der Waals surface area contributed by atoms with E-state index in [1.54, 1.807) is 0 Å². The molecule has 2 fully saturated rings. The molecule has 0 bridgehead atoms. The van der Waals surface area contributed by atoms with E-state index < -0.39 is 0 Å². The predicted octanol–water partition coefficient (Wildman–Crippen LogP) is 3.02. The van der Waals surface area contributed by atoms with Crippen molar-refractivity contribution in [1.82, 2.24) is 14.8 Å². The summed E-state index contributed by atoms with van der Waals surface area (Å²) in [5, 5.41) is 0. The molecule has 0 amide bonds. The van der Waals surface area contributed by atoms with E-state index in [4.69, 9.17) is 0 Å². The zero-order valence-electron chi connectivity index (χ0n) is 13.5. The second-order valence-electron chi connectivity index (χ2n) is 7.27. The van der Waals surface area contributed by atoms with Crippen LogP contribution in [0.4, 0.5) is 0 Å². The summed E-state index contributed by atoms with van der Waals surface area (Å²) in [5.41, 5.74) is 1.34. The van der Waals surface area contributed by atoms with Crippen LogP contribution in [0, 0.1) is 11.8 Å². The maximum absolute atomic E-state index is 4.22. The summed E-state index contributed by atoms with van der Waals surface area (Å²) >= 11 is 0. The van der Waals surface area contributed by atoms with Crippen LogP contribution in [0.15, 0.2) is 24.5 Å². The first-order valence-corrected chi connectivity index (χ1v) is 8.56. The SMILES string of the molecule is C[C@@H]1C[C@@H](C)CN(C2CCN(Cc3cccnc3)CC2)C1. The van der Waals surface area contributed by atoms with Crippen molar-refractivity contribution in [3.8, 4) is 0 Å². The molecule has 0 spiro atoms. The molecule has 2 aliphatic heterocycles. The Kier molecular flexibility index (Phi) is 4.91. The van der Waals surface area contributed by atoms with Crippen LogP contribution in [0.25, 0.3) is 0 Å². The van der Waals surface area contributed by atoms with Gasteiger partial charge in [-0.3, -0.25) is 14.8 Å². The number of hydrogen-bond donors (Lipinski definition) is 0. The second-order valence-corrected chi connectivity index (χ2v) is 7.27. The maximum Gasteiger partial charge on any atom is 0.0312 e. The van der Waals surface area contributed by atoms with Crippen molar-refractivity contribution in [2.75, 3.05) is 26.2 Å². The van der Waals surface area contributed by atoms with E-state index in [-0.39, 0.29) is 0 Å². The lowest BCUT2D eigenvalue weighted by Crippen LogP contribution is -2.49. The van der Waals surface area contributed by atoms with Crippen molar-refractivity contribution in [2.24, 2.45) is 11.8 Å². The summed E-state index contributed by atoms with van der Waals surface area (Å²) < 4.78 is 0. The number of likely N-dealkylation sites (tertiary alicyclic amines) is 2. The molecule has 0 unspecified atom stereocenters. The third kappa shape index (κ3) is 4.04. The van der Waals surface area contributed by atoms with Gasteiger partial charge >= 0.3 is 0 Å². The molecule has 3 heteroatoms. The van der Waals surface area contributed by atoms with Gasteiger partial charge in [-0.1, -0.05) is 19.9 Å². The average Bonchev–Trinajstić information content (AvgIpc) is 2.48. The molecule has 0 saturated carbocycles. The Bertz CT molecular complexity index is 415. The molecule has 2 saturated heterocycles. The Morgan fingerprint density at radius 1 is 1.14 bits per heavy atom. The van der Waals surface area contributed by atoms with Crippen LogP contribution in [0.3, 0.4) is 0 Å². The van der Waals surface area contributed by atoms with Crippen molar-refractivity contribution >= 4 is 0 Å². The van der Waals surface area contributed by atoms with Gasteiger partial charge in [-0.25, -0.2) is 0 Å². The monoisotopic (exact) mass is 287 g/mol. The quantitative estimate of drug-likeness (QED) is 0.852. The van der Waals surface area contributed by atoms with Gasteiger partial charge < -0.3 is 0 Å². The van der Waals surface area contributed by atoms with Crippen molar-refractivity contribution in [2.45, 2.75) is 45.7 Å². The van der Waals surface area contributed by atoms with E-state index in [1.165, 1.54) is 51.0 Å². The molecule has 0 aliphatic carbocycles. The molecule has 1 aromatic heterocycles. The van der Waals surface area contributed by atoms with E-state index in [2.05, 4.69) is 34.7 Å². The lowest BCUT2D eigenvalue weighted by Gasteiger charge is -2.43. The number of piperidine rings is 2. The Hall–Kier alpha value is -0.930. The first-order valence-electron chi connectivity index (χ1n) is 8.56. The summed E-state index contributed by atoms with van der Waals surface area (Å²) in [5.74, 6) is 1.75. The van der Waals surface area contributed by atoms with Crippen molar-refractivity contribution in [1.29, 1.82) is 0 Å². The van der Waals surface area contributed by atoms with Crippen LogP contribution in [0.1, 0.15) is 38.7 Å². The number of pyridine rings is 1. The molecule has 3 heterocycles. The van der Waals surface area contributed by atoms with Crippen LogP contribution in [-0.2, 0) is 6.54 Å². The van der Waals surface area contributed by atoms with Crippen LogP contribution in [0.2, 0.25) is 0 Å². The maximum atomic E-state index is 4.22. The fourth-order valence-corrected chi connectivity index (χ4v) is 4.20. The van der Waals surface area contributed by atoms with Crippen molar-refractivity contribution in [3.63, 3.8) is 0 Å². The summed E-state index contributed by atoms with van der Waals surface area (Å²) in [7, 11) is 0. The molecule has 3 rings (SSSR count). The number of nitrogens with zero attached hydrogens (tertiary/aromatic N) is 3. The van der Waals surface area contributed by atoms with E-state index in [0.29, 0.717) is 0 Å². The van der Waals surface area contributed by atoms with Crippen LogP contribution >= 0.6 is 0 Å². The molecule has 2 atom stereocenters. The van der Waals surface area contributed by atoms with E-state index in [1.807, 2.05) is 18.5 Å². The van der Waals surface area contributed by atoms with Gasteiger partial charge in [-0.15, -0.1) is 0 Å². The third-order valence-electron chi connectivity index (χ3n) is 5.10. The van der Waals surface area contributed by atoms with Crippen LogP contribution in [0.5, 0.6) is 0 Å². The Balaban J connectivity index is 1.48. The first kappa shape index (κ1) is 15.0.